The van der Waals surface area contributed by atoms with Crippen molar-refractivity contribution in [1.82, 2.24) is 10.2 Å². The zero-order valence-corrected chi connectivity index (χ0v) is 15.1. The molecule has 4 rings (SSSR count). The van der Waals surface area contributed by atoms with Crippen molar-refractivity contribution in [3.05, 3.63) is 88.4 Å². The van der Waals surface area contributed by atoms with Gasteiger partial charge >= 0.3 is 0 Å². The van der Waals surface area contributed by atoms with E-state index in [0.717, 1.165) is 10.6 Å². The van der Waals surface area contributed by atoms with Crippen molar-refractivity contribution in [2.75, 3.05) is 5.32 Å². The van der Waals surface area contributed by atoms with Crippen LogP contribution >= 0.6 is 11.3 Å². The predicted molar refractivity (Wildman–Crippen MR) is 106 cm³/mol. The fourth-order valence-corrected chi connectivity index (χ4v) is 3.62. The van der Waals surface area contributed by atoms with Gasteiger partial charge in [-0.15, -0.1) is 10.2 Å². The van der Waals surface area contributed by atoms with E-state index in [1.165, 1.54) is 27.7 Å². The summed E-state index contributed by atoms with van der Waals surface area (Å²) in [5, 5.41) is 15.0. The van der Waals surface area contributed by atoms with Crippen LogP contribution in [0, 0.1) is 6.92 Å². The summed E-state index contributed by atoms with van der Waals surface area (Å²) in [6.07, 6.45) is 0.694. The maximum absolute atomic E-state index is 12.3. The third-order valence-corrected chi connectivity index (χ3v) is 5.06. The summed E-state index contributed by atoms with van der Waals surface area (Å²) in [4.78, 5) is 12.3. The molecule has 26 heavy (non-hydrogen) atoms. The molecule has 4 nitrogen and oxygen atoms in total. The second kappa shape index (κ2) is 7.06. The molecule has 0 radical (unpaired) electrons. The number of nitrogens with zero attached hydrogens (tertiary/aromatic N) is 2. The Morgan fingerprint density at radius 2 is 1.73 bits per heavy atom. The van der Waals surface area contributed by atoms with Gasteiger partial charge in [-0.1, -0.05) is 71.5 Å². The Bertz CT molecular complexity index is 1060. The van der Waals surface area contributed by atoms with Crippen LogP contribution in [-0.4, -0.2) is 16.1 Å². The van der Waals surface area contributed by atoms with Crippen LogP contribution in [0.15, 0.2) is 66.7 Å². The third kappa shape index (κ3) is 3.48. The average molecular weight is 359 g/mol. The maximum atomic E-state index is 12.3. The number of aryl methyl sites for hydroxylation is 1. The Morgan fingerprint density at radius 1 is 0.962 bits per heavy atom. The van der Waals surface area contributed by atoms with Crippen LogP contribution in [0.2, 0.25) is 0 Å². The minimum Gasteiger partial charge on any atom is -0.296 e. The highest BCUT2D eigenvalue weighted by Crippen LogP contribution is 2.24. The van der Waals surface area contributed by atoms with Gasteiger partial charge in [0.25, 0.3) is 5.91 Å². The Morgan fingerprint density at radius 3 is 2.58 bits per heavy atom. The molecule has 0 spiro atoms. The first-order valence-electron chi connectivity index (χ1n) is 8.36. The monoisotopic (exact) mass is 359 g/mol. The van der Waals surface area contributed by atoms with E-state index >= 15 is 0 Å². The van der Waals surface area contributed by atoms with Gasteiger partial charge in [0.1, 0.15) is 5.01 Å². The van der Waals surface area contributed by atoms with Gasteiger partial charge in [0, 0.05) is 12.0 Å². The quantitative estimate of drug-likeness (QED) is 0.567. The summed E-state index contributed by atoms with van der Waals surface area (Å²) >= 11 is 1.41. The number of hydrogen-bond acceptors (Lipinski definition) is 4. The number of amides is 1. The summed E-state index contributed by atoms with van der Waals surface area (Å²) in [6, 6.07) is 22.0. The smallest absolute Gasteiger partial charge is 0.257 e. The number of benzene rings is 3. The van der Waals surface area contributed by atoms with E-state index in [9.17, 15) is 4.79 Å². The average Bonchev–Trinajstić information content (AvgIpc) is 3.09. The molecule has 3 aromatic carbocycles. The number of rotatable bonds is 4. The van der Waals surface area contributed by atoms with Crippen molar-refractivity contribution in [2.45, 2.75) is 13.3 Å². The molecule has 0 aliphatic rings. The van der Waals surface area contributed by atoms with Crippen LogP contribution < -0.4 is 5.32 Å². The Labute approximate surface area is 155 Å². The molecular weight excluding hydrogens is 342 g/mol. The van der Waals surface area contributed by atoms with Crippen molar-refractivity contribution in [1.29, 1.82) is 0 Å². The van der Waals surface area contributed by atoms with Crippen LogP contribution in [0.4, 0.5) is 5.13 Å². The standard InChI is InChI=1S/C21H17N3OS/c1-14-9-11-16(12-10-14)20(25)22-21-24-23-19(26-21)13-17-7-4-6-15-5-2-3-8-18(15)17/h2-12H,13H2,1H3,(H,22,24,25). The van der Waals surface area contributed by atoms with Crippen LogP contribution in [0.3, 0.4) is 0 Å². The zero-order chi connectivity index (χ0) is 17.9. The first-order chi connectivity index (χ1) is 12.7. The summed E-state index contributed by atoms with van der Waals surface area (Å²) in [5.74, 6) is -0.169. The second-order valence-electron chi connectivity index (χ2n) is 6.14. The van der Waals surface area contributed by atoms with Gasteiger partial charge < -0.3 is 0 Å². The van der Waals surface area contributed by atoms with Crippen molar-refractivity contribution in [2.24, 2.45) is 0 Å². The molecule has 0 saturated heterocycles. The maximum Gasteiger partial charge on any atom is 0.257 e. The lowest BCUT2D eigenvalue weighted by molar-refractivity contribution is 0.102. The van der Waals surface area contributed by atoms with Gasteiger partial charge in [0.15, 0.2) is 0 Å². The summed E-state index contributed by atoms with van der Waals surface area (Å²) in [5.41, 5.74) is 2.94. The molecule has 128 valence electrons. The molecule has 0 saturated carbocycles. The normalized spacial score (nSPS) is 10.8. The molecule has 0 unspecified atom stereocenters. The van der Waals surface area contributed by atoms with Crippen molar-refractivity contribution < 1.29 is 4.79 Å². The molecule has 1 N–H and O–H groups in total. The van der Waals surface area contributed by atoms with Crippen molar-refractivity contribution in [3.8, 4) is 0 Å². The van der Waals surface area contributed by atoms with Crippen LogP contribution in [-0.2, 0) is 6.42 Å². The number of nitrogens with one attached hydrogen (secondary N) is 1. The fraction of sp³-hybridized carbons (Fsp3) is 0.0952. The predicted octanol–water partition coefficient (Wildman–Crippen LogP) is 4.84. The first kappa shape index (κ1) is 16.4. The minimum absolute atomic E-state index is 0.169. The van der Waals surface area contributed by atoms with Crippen molar-refractivity contribution in [3.63, 3.8) is 0 Å². The highest BCUT2D eigenvalue weighted by molar-refractivity contribution is 7.15. The van der Waals surface area contributed by atoms with E-state index < -0.39 is 0 Å². The number of anilines is 1. The number of carbonyl (C=O) groups excluding carboxylic acids is 1. The molecule has 5 heteroatoms. The summed E-state index contributed by atoms with van der Waals surface area (Å²) < 4.78 is 0. The third-order valence-electron chi connectivity index (χ3n) is 4.22. The van der Waals surface area contributed by atoms with E-state index in [4.69, 9.17) is 0 Å². The Hall–Kier alpha value is -3.05. The number of fused-ring (bicyclic) bond motifs is 1. The number of carbonyl (C=O) groups is 1. The van der Waals surface area contributed by atoms with Gasteiger partial charge in [0.2, 0.25) is 5.13 Å². The van der Waals surface area contributed by atoms with Crippen LogP contribution in [0.5, 0.6) is 0 Å². The van der Waals surface area contributed by atoms with Crippen LogP contribution in [0.25, 0.3) is 10.8 Å². The van der Waals surface area contributed by atoms with Crippen molar-refractivity contribution >= 4 is 33.1 Å². The molecular formula is C21H17N3OS. The number of hydrogen-bond donors (Lipinski definition) is 1. The molecule has 1 aromatic heterocycles. The lowest BCUT2D eigenvalue weighted by Crippen LogP contribution is -2.11. The second-order valence-corrected chi connectivity index (χ2v) is 7.20. The number of aromatic nitrogens is 2. The first-order valence-corrected chi connectivity index (χ1v) is 9.18. The lowest BCUT2D eigenvalue weighted by atomic mass is 10.0. The van der Waals surface area contributed by atoms with E-state index in [1.807, 2.05) is 43.3 Å². The molecule has 0 bridgehead atoms. The zero-order valence-electron chi connectivity index (χ0n) is 14.3. The molecule has 0 aliphatic heterocycles. The molecule has 0 atom stereocenters. The highest BCUT2D eigenvalue weighted by Gasteiger charge is 2.11. The van der Waals surface area contributed by atoms with Gasteiger partial charge in [-0.2, -0.15) is 0 Å². The van der Waals surface area contributed by atoms with Gasteiger partial charge in [-0.3, -0.25) is 10.1 Å². The van der Waals surface area contributed by atoms with Gasteiger partial charge in [-0.05, 0) is 35.4 Å². The van der Waals surface area contributed by atoms with E-state index in [1.54, 1.807) is 0 Å². The van der Waals surface area contributed by atoms with E-state index in [0.29, 0.717) is 17.1 Å². The van der Waals surface area contributed by atoms with Gasteiger partial charge in [0.05, 0.1) is 0 Å². The fourth-order valence-electron chi connectivity index (χ4n) is 2.86. The molecule has 1 amide bonds. The Balaban J connectivity index is 1.51. The van der Waals surface area contributed by atoms with Gasteiger partial charge in [-0.25, -0.2) is 0 Å². The topological polar surface area (TPSA) is 54.9 Å². The van der Waals surface area contributed by atoms with Crippen LogP contribution in [0.1, 0.15) is 26.5 Å². The molecule has 0 fully saturated rings. The minimum atomic E-state index is -0.169. The Kier molecular flexibility index (Phi) is 4.46. The highest BCUT2D eigenvalue weighted by atomic mass is 32.1. The van der Waals surface area contributed by atoms with E-state index in [-0.39, 0.29) is 5.91 Å². The van der Waals surface area contributed by atoms with E-state index in [2.05, 4.69) is 45.8 Å². The molecule has 4 aromatic rings. The largest absolute Gasteiger partial charge is 0.296 e. The summed E-state index contributed by atoms with van der Waals surface area (Å²) in [7, 11) is 0. The lowest BCUT2D eigenvalue weighted by Gasteiger charge is -2.04. The SMILES string of the molecule is Cc1ccc(C(=O)Nc2nnc(Cc3cccc4ccccc34)s2)cc1. The summed E-state index contributed by atoms with van der Waals surface area (Å²) in [6.45, 7) is 1.99. The molecule has 0 aliphatic carbocycles. The molecule has 1 heterocycles.